The lowest BCUT2D eigenvalue weighted by atomic mass is 10.0. The Kier molecular flexibility index (Phi) is 5.85. The zero-order valence-electron chi connectivity index (χ0n) is 10.2. The van der Waals surface area contributed by atoms with Gasteiger partial charge in [0.05, 0.1) is 11.6 Å². The minimum Gasteiger partial charge on any atom is -0.496 e. The fourth-order valence-electron chi connectivity index (χ4n) is 1.82. The number of halogens is 1. The number of nitrogens with one attached hydrogen (secondary N) is 1. The van der Waals surface area contributed by atoms with Crippen LogP contribution in [0.25, 0.3) is 0 Å². The second-order valence-electron chi connectivity index (χ2n) is 3.79. The van der Waals surface area contributed by atoms with Crippen molar-refractivity contribution in [2.75, 3.05) is 13.7 Å². The summed E-state index contributed by atoms with van der Waals surface area (Å²) in [6.07, 6.45) is 2.34. The number of methoxy groups -OCH3 is 1. The largest absolute Gasteiger partial charge is 0.496 e. The lowest BCUT2D eigenvalue weighted by Crippen LogP contribution is -2.20. The van der Waals surface area contributed by atoms with Crippen molar-refractivity contribution in [1.82, 2.24) is 5.32 Å². The fraction of sp³-hybridized carbons (Fsp3) is 0.538. The Balaban J connectivity index is 2.87. The zero-order chi connectivity index (χ0) is 12.0. The molecule has 0 aliphatic carbocycles. The maximum Gasteiger partial charge on any atom is 0.133 e. The summed E-state index contributed by atoms with van der Waals surface area (Å²) < 4.78 is 6.25. The van der Waals surface area contributed by atoms with Crippen molar-refractivity contribution >= 4 is 15.9 Å². The van der Waals surface area contributed by atoms with Gasteiger partial charge in [-0.3, -0.25) is 0 Å². The Labute approximate surface area is 107 Å². The number of ether oxygens (including phenoxy) is 1. The van der Waals surface area contributed by atoms with Crippen LogP contribution in [0, 0.1) is 0 Å². The number of rotatable bonds is 6. The van der Waals surface area contributed by atoms with E-state index in [9.17, 15) is 0 Å². The molecule has 0 bridgehead atoms. The molecule has 0 aliphatic rings. The first-order chi connectivity index (χ1) is 7.72. The van der Waals surface area contributed by atoms with Crippen LogP contribution in [0.15, 0.2) is 22.7 Å². The van der Waals surface area contributed by atoms with Crippen molar-refractivity contribution in [2.24, 2.45) is 0 Å². The second-order valence-corrected chi connectivity index (χ2v) is 4.65. The molecule has 0 amide bonds. The summed E-state index contributed by atoms with van der Waals surface area (Å²) >= 11 is 3.53. The Hall–Kier alpha value is -0.540. The Morgan fingerprint density at radius 1 is 1.38 bits per heavy atom. The van der Waals surface area contributed by atoms with Gasteiger partial charge in [-0.2, -0.15) is 0 Å². The minimum absolute atomic E-state index is 0.442. The topological polar surface area (TPSA) is 21.3 Å². The summed E-state index contributed by atoms with van der Waals surface area (Å²) in [4.78, 5) is 0. The van der Waals surface area contributed by atoms with Gasteiger partial charge < -0.3 is 10.1 Å². The molecule has 2 nitrogen and oxygen atoms in total. The van der Waals surface area contributed by atoms with Crippen molar-refractivity contribution in [2.45, 2.75) is 32.7 Å². The van der Waals surface area contributed by atoms with E-state index in [0.717, 1.165) is 23.2 Å². The van der Waals surface area contributed by atoms with E-state index in [1.54, 1.807) is 7.11 Å². The maximum atomic E-state index is 5.23. The van der Waals surface area contributed by atoms with E-state index in [0.29, 0.717) is 6.04 Å². The number of benzene rings is 1. The predicted octanol–water partition coefficient (Wildman–Crippen LogP) is 3.91. The van der Waals surface area contributed by atoms with Crippen LogP contribution in [0.3, 0.4) is 0 Å². The first-order valence-electron chi connectivity index (χ1n) is 5.79. The first-order valence-corrected chi connectivity index (χ1v) is 6.59. The standard InChI is InChI=1S/C13H20BrNO/c1-4-6-12(15-5-2)10-7-8-13(16-3)11(14)9-10/h7-9,12,15H,4-6H2,1-3H3. The van der Waals surface area contributed by atoms with Gasteiger partial charge in [0.25, 0.3) is 0 Å². The van der Waals surface area contributed by atoms with Gasteiger partial charge in [-0.15, -0.1) is 0 Å². The molecule has 0 heterocycles. The molecule has 0 aromatic heterocycles. The van der Waals surface area contributed by atoms with Crippen molar-refractivity contribution < 1.29 is 4.74 Å². The van der Waals surface area contributed by atoms with Crippen LogP contribution in [-0.2, 0) is 0 Å². The van der Waals surface area contributed by atoms with Crippen molar-refractivity contribution in [1.29, 1.82) is 0 Å². The highest BCUT2D eigenvalue weighted by Crippen LogP contribution is 2.29. The molecular formula is C13H20BrNO. The molecule has 0 fully saturated rings. The van der Waals surface area contributed by atoms with Crippen LogP contribution in [-0.4, -0.2) is 13.7 Å². The van der Waals surface area contributed by atoms with Gasteiger partial charge in [0, 0.05) is 6.04 Å². The Morgan fingerprint density at radius 2 is 2.12 bits per heavy atom. The van der Waals surface area contributed by atoms with Gasteiger partial charge in [-0.05, 0) is 46.6 Å². The van der Waals surface area contributed by atoms with Crippen molar-refractivity contribution in [3.8, 4) is 5.75 Å². The molecule has 0 aliphatic heterocycles. The average Bonchev–Trinajstić information content (AvgIpc) is 2.28. The van der Waals surface area contributed by atoms with E-state index in [4.69, 9.17) is 4.74 Å². The highest BCUT2D eigenvalue weighted by Gasteiger charge is 2.10. The first kappa shape index (κ1) is 13.5. The fourth-order valence-corrected chi connectivity index (χ4v) is 2.38. The van der Waals surface area contributed by atoms with Crippen LogP contribution in [0.5, 0.6) is 5.75 Å². The van der Waals surface area contributed by atoms with Gasteiger partial charge >= 0.3 is 0 Å². The molecule has 16 heavy (non-hydrogen) atoms. The maximum absolute atomic E-state index is 5.23. The van der Waals surface area contributed by atoms with E-state index in [-0.39, 0.29) is 0 Å². The highest BCUT2D eigenvalue weighted by molar-refractivity contribution is 9.10. The predicted molar refractivity (Wildman–Crippen MR) is 72.0 cm³/mol. The summed E-state index contributed by atoms with van der Waals surface area (Å²) in [7, 11) is 1.69. The van der Waals surface area contributed by atoms with E-state index in [1.807, 2.05) is 6.07 Å². The third-order valence-electron chi connectivity index (χ3n) is 2.61. The van der Waals surface area contributed by atoms with Crippen LogP contribution in [0.4, 0.5) is 0 Å². The van der Waals surface area contributed by atoms with Crippen LogP contribution < -0.4 is 10.1 Å². The van der Waals surface area contributed by atoms with Gasteiger partial charge in [-0.1, -0.05) is 26.3 Å². The molecule has 0 spiro atoms. The highest BCUT2D eigenvalue weighted by atomic mass is 79.9. The molecule has 3 heteroatoms. The summed E-state index contributed by atoms with van der Waals surface area (Å²) in [5.41, 5.74) is 1.32. The lowest BCUT2D eigenvalue weighted by molar-refractivity contribution is 0.411. The second kappa shape index (κ2) is 6.92. The SMILES string of the molecule is CCCC(NCC)c1ccc(OC)c(Br)c1. The smallest absolute Gasteiger partial charge is 0.133 e. The quantitative estimate of drug-likeness (QED) is 0.856. The summed E-state index contributed by atoms with van der Waals surface area (Å²) in [6, 6.07) is 6.73. The Bertz CT molecular complexity index is 322. The molecule has 1 rings (SSSR count). The minimum atomic E-state index is 0.442. The third-order valence-corrected chi connectivity index (χ3v) is 3.23. The van der Waals surface area contributed by atoms with E-state index in [2.05, 4.69) is 47.2 Å². The molecule has 1 atom stereocenters. The normalized spacial score (nSPS) is 12.5. The molecule has 0 saturated heterocycles. The van der Waals surface area contributed by atoms with Gasteiger partial charge in [0.2, 0.25) is 0 Å². The van der Waals surface area contributed by atoms with Crippen molar-refractivity contribution in [3.05, 3.63) is 28.2 Å². The molecule has 90 valence electrons. The number of hydrogen-bond donors (Lipinski definition) is 1. The molecule has 0 radical (unpaired) electrons. The van der Waals surface area contributed by atoms with Crippen LogP contribution >= 0.6 is 15.9 Å². The van der Waals surface area contributed by atoms with Crippen molar-refractivity contribution in [3.63, 3.8) is 0 Å². The Morgan fingerprint density at radius 3 is 2.62 bits per heavy atom. The number of hydrogen-bond acceptors (Lipinski definition) is 2. The molecule has 1 aromatic carbocycles. The summed E-state index contributed by atoms with van der Waals surface area (Å²) in [6.45, 7) is 5.35. The van der Waals surface area contributed by atoms with Crippen LogP contribution in [0.1, 0.15) is 38.3 Å². The van der Waals surface area contributed by atoms with Crippen LogP contribution in [0.2, 0.25) is 0 Å². The lowest BCUT2D eigenvalue weighted by Gasteiger charge is -2.18. The summed E-state index contributed by atoms with van der Waals surface area (Å²) in [5.74, 6) is 0.885. The van der Waals surface area contributed by atoms with E-state index in [1.165, 1.54) is 12.0 Å². The molecule has 1 aromatic rings. The average molecular weight is 286 g/mol. The third kappa shape index (κ3) is 3.49. The monoisotopic (exact) mass is 285 g/mol. The molecule has 0 saturated carbocycles. The molecular weight excluding hydrogens is 266 g/mol. The van der Waals surface area contributed by atoms with E-state index < -0.39 is 0 Å². The van der Waals surface area contributed by atoms with Gasteiger partial charge in [-0.25, -0.2) is 0 Å². The summed E-state index contributed by atoms with van der Waals surface area (Å²) in [5, 5.41) is 3.50. The molecule has 1 unspecified atom stereocenters. The molecule has 1 N–H and O–H groups in total. The van der Waals surface area contributed by atoms with Gasteiger partial charge in [0.1, 0.15) is 5.75 Å². The zero-order valence-corrected chi connectivity index (χ0v) is 11.8. The van der Waals surface area contributed by atoms with Gasteiger partial charge in [0.15, 0.2) is 0 Å². The van der Waals surface area contributed by atoms with E-state index >= 15 is 0 Å².